The first kappa shape index (κ1) is 28.7. The fourth-order valence-corrected chi connectivity index (χ4v) is 4.23. The zero-order chi connectivity index (χ0) is 29.8. The normalized spacial score (nSPS) is 16.6. The molecule has 4 rings (SSSR count). The average molecular weight is 573 g/mol. The van der Waals surface area contributed by atoms with Gasteiger partial charge in [0.25, 0.3) is 5.91 Å². The van der Waals surface area contributed by atoms with E-state index in [4.69, 9.17) is 0 Å². The maximum Gasteiger partial charge on any atom is 0.416 e. The van der Waals surface area contributed by atoms with Crippen LogP contribution < -0.4 is 4.90 Å². The van der Waals surface area contributed by atoms with Crippen molar-refractivity contribution in [2.45, 2.75) is 31.5 Å². The maximum absolute atomic E-state index is 13.6. The second kappa shape index (κ2) is 9.72. The summed E-state index contributed by atoms with van der Waals surface area (Å²) >= 11 is 0. The highest BCUT2D eigenvalue weighted by atomic mass is 19.4. The highest BCUT2D eigenvalue weighted by Gasteiger charge is 2.47. The van der Waals surface area contributed by atoms with Crippen molar-refractivity contribution in [1.82, 2.24) is 0 Å². The van der Waals surface area contributed by atoms with Gasteiger partial charge in [-0.3, -0.25) is 14.5 Å². The predicted molar refractivity (Wildman–Crippen MR) is 123 cm³/mol. The lowest BCUT2D eigenvalue weighted by Crippen LogP contribution is -2.31. The van der Waals surface area contributed by atoms with Gasteiger partial charge in [0.1, 0.15) is 0 Å². The van der Waals surface area contributed by atoms with E-state index in [9.17, 15) is 54.2 Å². The van der Waals surface area contributed by atoms with Crippen LogP contribution >= 0.6 is 0 Å². The van der Waals surface area contributed by atoms with Crippen molar-refractivity contribution in [3.05, 3.63) is 111 Å². The molecule has 1 aliphatic heterocycles. The van der Waals surface area contributed by atoms with Crippen molar-refractivity contribution in [3.63, 3.8) is 0 Å². The zero-order valence-electron chi connectivity index (χ0n) is 20.0. The Bertz CT molecular complexity index is 1470. The highest BCUT2D eigenvalue weighted by molar-refractivity contribution is 6.20. The second-order valence-corrected chi connectivity index (χ2v) is 8.92. The number of aryl methyl sites for hydroxylation is 1. The highest BCUT2D eigenvalue weighted by Crippen LogP contribution is 2.45. The molecule has 0 bridgehead atoms. The number of halogens is 9. The summed E-state index contributed by atoms with van der Waals surface area (Å²) < 4.78 is 121. The first-order valence-electron chi connectivity index (χ1n) is 11.2. The van der Waals surface area contributed by atoms with Crippen LogP contribution in [0.4, 0.5) is 45.2 Å². The van der Waals surface area contributed by atoms with Crippen LogP contribution in [0, 0.1) is 6.92 Å². The fourth-order valence-electron chi connectivity index (χ4n) is 4.23. The first-order valence-corrected chi connectivity index (χ1v) is 11.2. The molecule has 0 radical (unpaired) electrons. The summed E-state index contributed by atoms with van der Waals surface area (Å²) in [6.07, 6.45) is -15.4. The molecule has 3 aromatic rings. The molecule has 0 aliphatic carbocycles. The number of ketones is 1. The van der Waals surface area contributed by atoms with Gasteiger partial charge in [-0.25, -0.2) is 0 Å². The van der Waals surface area contributed by atoms with Gasteiger partial charge in [0, 0.05) is 11.3 Å². The SMILES string of the molecule is Cc1ccc(C(=O)C2=C(O)C(=O)N(c3ccc(C(F)(F)F)cc3)C2c2cc(C(F)(F)F)cc(C(F)(F)F)c2)cc1. The molecular formula is C27H16F9NO3. The van der Waals surface area contributed by atoms with E-state index in [1.54, 1.807) is 6.92 Å². The van der Waals surface area contributed by atoms with Gasteiger partial charge in [-0.05, 0) is 55.0 Å². The smallest absolute Gasteiger partial charge is 0.416 e. The quantitative estimate of drug-likeness (QED) is 0.256. The third kappa shape index (κ3) is 5.40. The molecule has 40 heavy (non-hydrogen) atoms. The number of aliphatic hydroxyl groups excluding tert-OH is 1. The molecule has 4 nitrogen and oxygen atoms in total. The van der Waals surface area contributed by atoms with Crippen molar-refractivity contribution in [2.24, 2.45) is 0 Å². The Hall–Kier alpha value is -4.29. The molecule has 3 aromatic carbocycles. The number of amides is 1. The van der Waals surface area contributed by atoms with Gasteiger partial charge in [0.2, 0.25) is 0 Å². The molecular weight excluding hydrogens is 557 g/mol. The third-order valence-corrected chi connectivity index (χ3v) is 6.17. The lowest BCUT2D eigenvalue weighted by Gasteiger charge is -2.28. The monoisotopic (exact) mass is 573 g/mol. The van der Waals surface area contributed by atoms with E-state index >= 15 is 0 Å². The van der Waals surface area contributed by atoms with Crippen LogP contribution in [0.3, 0.4) is 0 Å². The van der Waals surface area contributed by atoms with Gasteiger partial charge in [-0.15, -0.1) is 0 Å². The molecule has 0 saturated heterocycles. The van der Waals surface area contributed by atoms with Crippen molar-refractivity contribution < 1.29 is 54.2 Å². The van der Waals surface area contributed by atoms with E-state index < -0.39 is 75.5 Å². The van der Waals surface area contributed by atoms with Gasteiger partial charge in [0.05, 0.1) is 28.3 Å². The van der Waals surface area contributed by atoms with Crippen molar-refractivity contribution in [3.8, 4) is 0 Å². The minimum absolute atomic E-state index is 0.151. The number of carbonyl (C=O) groups excluding carboxylic acids is 2. The standard InChI is InChI=1S/C27H16F9NO3/c1-13-2-4-14(5-3-13)22(38)20-21(15-10-17(26(31,32)33)12-18(11-15)27(34,35)36)37(24(40)23(20)39)19-8-6-16(7-9-19)25(28,29)30/h2-12,21,39H,1H3. The average Bonchev–Trinajstić information content (AvgIpc) is 3.12. The Morgan fingerprint density at radius 1 is 0.725 bits per heavy atom. The van der Waals surface area contributed by atoms with Crippen LogP contribution in [0.5, 0.6) is 0 Å². The molecule has 0 spiro atoms. The van der Waals surface area contributed by atoms with E-state index in [2.05, 4.69) is 0 Å². The Kier molecular flexibility index (Phi) is 6.98. The van der Waals surface area contributed by atoms with Crippen LogP contribution in [0.2, 0.25) is 0 Å². The summed E-state index contributed by atoms with van der Waals surface area (Å²) in [4.78, 5) is 27.0. The topological polar surface area (TPSA) is 57.6 Å². The van der Waals surface area contributed by atoms with Gasteiger partial charge < -0.3 is 5.11 Å². The molecule has 1 atom stereocenters. The largest absolute Gasteiger partial charge is 0.503 e. The Morgan fingerprint density at radius 3 is 1.65 bits per heavy atom. The number of nitrogens with zero attached hydrogens (tertiary/aromatic N) is 1. The molecule has 0 saturated carbocycles. The van der Waals surface area contributed by atoms with E-state index in [-0.39, 0.29) is 23.8 Å². The number of alkyl halides is 9. The number of benzene rings is 3. The number of Topliss-reactive ketones (excluding diaryl/α,β-unsaturated/α-hetero) is 1. The second-order valence-electron chi connectivity index (χ2n) is 8.92. The number of rotatable bonds is 4. The zero-order valence-corrected chi connectivity index (χ0v) is 20.0. The predicted octanol–water partition coefficient (Wildman–Crippen LogP) is 7.83. The van der Waals surface area contributed by atoms with Gasteiger partial charge in [0.15, 0.2) is 11.5 Å². The molecule has 210 valence electrons. The summed E-state index contributed by atoms with van der Waals surface area (Å²) in [5, 5.41) is 10.7. The number of hydrogen-bond donors (Lipinski definition) is 1. The van der Waals surface area contributed by atoms with E-state index in [0.717, 1.165) is 12.1 Å². The number of carbonyl (C=O) groups is 2. The fraction of sp³-hybridized carbons (Fsp3) is 0.185. The van der Waals surface area contributed by atoms with E-state index in [0.29, 0.717) is 22.6 Å². The van der Waals surface area contributed by atoms with E-state index in [1.807, 2.05) is 0 Å². The molecule has 1 heterocycles. The van der Waals surface area contributed by atoms with Crippen molar-refractivity contribution in [2.75, 3.05) is 4.90 Å². The molecule has 0 aromatic heterocycles. The molecule has 1 amide bonds. The van der Waals surface area contributed by atoms with E-state index in [1.165, 1.54) is 24.3 Å². The summed E-state index contributed by atoms with van der Waals surface area (Å²) in [5.41, 5.74) is -6.26. The maximum atomic E-state index is 13.6. The van der Waals surface area contributed by atoms with Crippen LogP contribution in [0.1, 0.15) is 44.2 Å². The van der Waals surface area contributed by atoms with Crippen molar-refractivity contribution in [1.29, 1.82) is 0 Å². The van der Waals surface area contributed by atoms with Crippen molar-refractivity contribution >= 4 is 17.4 Å². The Balaban J connectivity index is 1.98. The number of anilines is 1. The number of hydrogen-bond acceptors (Lipinski definition) is 3. The summed E-state index contributed by atoms with van der Waals surface area (Å²) in [7, 11) is 0. The van der Waals surface area contributed by atoms with Crippen LogP contribution in [-0.4, -0.2) is 16.8 Å². The lowest BCUT2D eigenvalue weighted by atomic mass is 9.90. The molecule has 0 fully saturated rings. The van der Waals surface area contributed by atoms with Gasteiger partial charge >= 0.3 is 18.5 Å². The molecule has 1 aliphatic rings. The van der Waals surface area contributed by atoms with Crippen LogP contribution in [0.25, 0.3) is 0 Å². The molecule has 13 heteroatoms. The minimum atomic E-state index is -5.29. The third-order valence-electron chi connectivity index (χ3n) is 6.17. The minimum Gasteiger partial charge on any atom is -0.503 e. The molecule has 1 N–H and O–H groups in total. The van der Waals surface area contributed by atoms with Crippen LogP contribution in [-0.2, 0) is 23.3 Å². The number of aliphatic hydroxyl groups is 1. The summed E-state index contributed by atoms with van der Waals surface area (Å²) in [5.74, 6) is -3.77. The molecule has 1 unspecified atom stereocenters. The summed E-state index contributed by atoms with van der Waals surface area (Å²) in [6.45, 7) is 1.67. The Labute approximate surface area is 220 Å². The lowest BCUT2D eigenvalue weighted by molar-refractivity contribution is -0.143. The van der Waals surface area contributed by atoms with Crippen LogP contribution in [0.15, 0.2) is 78.1 Å². The van der Waals surface area contributed by atoms with Gasteiger partial charge in [-0.1, -0.05) is 29.8 Å². The van der Waals surface area contributed by atoms with Gasteiger partial charge in [-0.2, -0.15) is 39.5 Å². The Morgan fingerprint density at radius 2 is 1.20 bits per heavy atom. The summed E-state index contributed by atoms with van der Waals surface area (Å²) in [6, 6.07) is 6.39. The first-order chi connectivity index (χ1) is 18.4.